The minimum absolute atomic E-state index is 0.101. The van der Waals surface area contributed by atoms with Crippen LogP contribution in [-0.2, 0) is 11.3 Å². The second-order valence-electron chi connectivity index (χ2n) is 8.83. The molecule has 1 aromatic carbocycles. The van der Waals surface area contributed by atoms with Gasteiger partial charge in [0, 0.05) is 49.3 Å². The summed E-state index contributed by atoms with van der Waals surface area (Å²) in [6.45, 7) is 7.40. The Morgan fingerprint density at radius 2 is 2.09 bits per heavy atom. The normalized spacial score (nSPS) is 21.0. The number of fused-ring (bicyclic) bond motifs is 1. The van der Waals surface area contributed by atoms with Crippen molar-refractivity contribution in [3.8, 4) is 5.75 Å². The number of benzene rings is 1. The Balaban J connectivity index is 1.58. The van der Waals surface area contributed by atoms with Gasteiger partial charge in [-0.25, -0.2) is 4.68 Å². The first-order valence-electron chi connectivity index (χ1n) is 11.7. The molecule has 2 fully saturated rings. The van der Waals surface area contributed by atoms with Gasteiger partial charge in [-0.3, -0.25) is 9.69 Å². The van der Waals surface area contributed by atoms with Crippen LogP contribution in [0.5, 0.6) is 5.75 Å². The molecule has 10 heteroatoms. The minimum Gasteiger partial charge on any atom is -0.494 e. The van der Waals surface area contributed by atoms with Gasteiger partial charge in [0.05, 0.1) is 19.3 Å². The summed E-state index contributed by atoms with van der Waals surface area (Å²) in [5.74, 6) is 1.46. The number of H-pyrrole nitrogens is 1. The lowest BCUT2D eigenvalue weighted by atomic mass is 10.0. The average molecular weight is 454 g/mol. The molecule has 3 aromatic rings. The van der Waals surface area contributed by atoms with Gasteiger partial charge in [0.25, 0.3) is 5.56 Å². The predicted molar refractivity (Wildman–Crippen MR) is 123 cm³/mol. The molecule has 0 spiro atoms. The maximum Gasteiger partial charge on any atom is 0.253 e. The fourth-order valence-corrected chi connectivity index (χ4v) is 4.76. The molecule has 0 bridgehead atoms. The standard InChI is InChI=1S/C23H31N7O3/c1-3-32-17-6-7-20-16(13-17)14-19(23(31)24-20)21(29-10-8-28(2)9-11-29)22-25-26-27-30(22)15-18-5-4-12-33-18/h6-7,13-14,18,21H,3-5,8-12,15H2,1-2H3,(H,24,31). The van der Waals surface area contributed by atoms with Crippen LogP contribution in [0.4, 0.5) is 0 Å². The molecule has 2 aromatic heterocycles. The molecule has 10 nitrogen and oxygen atoms in total. The average Bonchev–Trinajstić information content (AvgIpc) is 3.49. The molecule has 1 N–H and O–H groups in total. The van der Waals surface area contributed by atoms with Crippen molar-refractivity contribution in [2.45, 2.75) is 38.5 Å². The van der Waals surface area contributed by atoms with Crippen molar-refractivity contribution in [2.75, 3.05) is 46.4 Å². The zero-order valence-electron chi connectivity index (χ0n) is 19.2. The minimum atomic E-state index is -0.348. The molecule has 2 saturated heterocycles. The first kappa shape index (κ1) is 22.0. The van der Waals surface area contributed by atoms with Crippen molar-refractivity contribution < 1.29 is 9.47 Å². The quantitative estimate of drug-likeness (QED) is 0.573. The number of aromatic amines is 1. The van der Waals surface area contributed by atoms with Gasteiger partial charge < -0.3 is 19.4 Å². The van der Waals surface area contributed by atoms with Gasteiger partial charge in [-0.05, 0) is 61.5 Å². The van der Waals surface area contributed by atoms with E-state index in [-0.39, 0.29) is 17.7 Å². The van der Waals surface area contributed by atoms with E-state index in [0.29, 0.717) is 24.5 Å². The molecule has 176 valence electrons. The van der Waals surface area contributed by atoms with Crippen LogP contribution in [0.1, 0.15) is 37.2 Å². The highest BCUT2D eigenvalue weighted by Gasteiger charge is 2.33. The molecular formula is C23H31N7O3. The van der Waals surface area contributed by atoms with Crippen molar-refractivity contribution in [1.29, 1.82) is 0 Å². The van der Waals surface area contributed by atoms with E-state index in [0.717, 1.165) is 62.3 Å². The van der Waals surface area contributed by atoms with Crippen LogP contribution in [0, 0.1) is 0 Å². The number of tetrazole rings is 1. The molecule has 2 aliphatic heterocycles. The number of likely N-dealkylation sites (N-methyl/N-ethyl adjacent to an activating group) is 1. The van der Waals surface area contributed by atoms with Gasteiger partial charge in [0.2, 0.25) is 0 Å². The summed E-state index contributed by atoms with van der Waals surface area (Å²) in [6.07, 6.45) is 2.15. The highest BCUT2D eigenvalue weighted by molar-refractivity contribution is 5.80. The molecule has 4 heterocycles. The Kier molecular flexibility index (Phi) is 6.39. The molecule has 0 aliphatic carbocycles. The summed E-state index contributed by atoms with van der Waals surface area (Å²) in [5.41, 5.74) is 1.30. The van der Waals surface area contributed by atoms with Gasteiger partial charge >= 0.3 is 0 Å². The largest absolute Gasteiger partial charge is 0.494 e. The third kappa shape index (κ3) is 4.64. The number of pyridine rings is 1. The van der Waals surface area contributed by atoms with Crippen molar-refractivity contribution >= 4 is 10.9 Å². The van der Waals surface area contributed by atoms with Crippen molar-refractivity contribution in [3.05, 3.63) is 46.0 Å². The van der Waals surface area contributed by atoms with E-state index < -0.39 is 0 Å². The zero-order valence-corrected chi connectivity index (χ0v) is 19.2. The fraction of sp³-hybridized carbons (Fsp3) is 0.565. The molecule has 0 saturated carbocycles. The molecule has 5 rings (SSSR count). The Hall–Kier alpha value is -2.82. The number of nitrogens with zero attached hydrogens (tertiary/aromatic N) is 6. The van der Waals surface area contributed by atoms with Crippen LogP contribution < -0.4 is 10.3 Å². The van der Waals surface area contributed by atoms with Crippen LogP contribution in [0.25, 0.3) is 10.9 Å². The number of aromatic nitrogens is 5. The molecule has 0 amide bonds. The van der Waals surface area contributed by atoms with Gasteiger partial charge in [-0.2, -0.15) is 0 Å². The smallest absolute Gasteiger partial charge is 0.253 e. The Morgan fingerprint density at radius 1 is 1.24 bits per heavy atom. The first-order chi connectivity index (χ1) is 16.1. The number of ether oxygens (including phenoxy) is 2. The second-order valence-corrected chi connectivity index (χ2v) is 8.83. The SMILES string of the molecule is CCOc1ccc2[nH]c(=O)c(C(c3nnnn3CC3CCCO3)N3CCN(C)CC3)cc2c1. The van der Waals surface area contributed by atoms with E-state index in [1.54, 1.807) is 0 Å². The van der Waals surface area contributed by atoms with Gasteiger partial charge in [-0.15, -0.1) is 5.10 Å². The van der Waals surface area contributed by atoms with Gasteiger partial charge in [0.15, 0.2) is 5.82 Å². The van der Waals surface area contributed by atoms with E-state index in [4.69, 9.17) is 9.47 Å². The lowest BCUT2D eigenvalue weighted by Crippen LogP contribution is -2.47. The van der Waals surface area contributed by atoms with E-state index in [9.17, 15) is 4.79 Å². The van der Waals surface area contributed by atoms with Gasteiger partial charge in [-0.1, -0.05) is 0 Å². The third-order valence-corrected chi connectivity index (χ3v) is 6.56. The number of hydrogen-bond donors (Lipinski definition) is 1. The lowest BCUT2D eigenvalue weighted by Gasteiger charge is -2.37. The van der Waals surface area contributed by atoms with Crippen molar-refractivity contribution in [2.24, 2.45) is 0 Å². The summed E-state index contributed by atoms with van der Waals surface area (Å²) >= 11 is 0. The fourth-order valence-electron chi connectivity index (χ4n) is 4.76. The summed E-state index contributed by atoms with van der Waals surface area (Å²) in [7, 11) is 2.12. The number of rotatable bonds is 7. The van der Waals surface area contributed by atoms with Crippen molar-refractivity contribution in [3.63, 3.8) is 0 Å². The number of hydrogen-bond acceptors (Lipinski definition) is 8. The summed E-state index contributed by atoms with van der Waals surface area (Å²) in [4.78, 5) is 21.0. The number of piperazine rings is 1. The summed E-state index contributed by atoms with van der Waals surface area (Å²) in [6, 6.07) is 7.35. The first-order valence-corrected chi connectivity index (χ1v) is 11.7. The molecule has 2 unspecified atom stereocenters. The summed E-state index contributed by atoms with van der Waals surface area (Å²) in [5, 5.41) is 13.6. The van der Waals surface area contributed by atoms with E-state index in [1.165, 1.54) is 0 Å². The second kappa shape index (κ2) is 9.58. The van der Waals surface area contributed by atoms with E-state index >= 15 is 0 Å². The molecule has 2 atom stereocenters. The summed E-state index contributed by atoms with van der Waals surface area (Å²) < 4.78 is 13.3. The van der Waals surface area contributed by atoms with Crippen LogP contribution in [0.15, 0.2) is 29.1 Å². The molecule has 33 heavy (non-hydrogen) atoms. The van der Waals surface area contributed by atoms with E-state index in [1.807, 2.05) is 35.9 Å². The predicted octanol–water partition coefficient (Wildman–Crippen LogP) is 1.43. The van der Waals surface area contributed by atoms with Crippen LogP contribution in [0.3, 0.4) is 0 Å². The van der Waals surface area contributed by atoms with Gasteiger partial charge in [0.1, 0.15) is 11.8 Å². The van der Waals surface area contributed by atoms with E-state index in [2.05, 4.69) is 37.4 Å². The molecule has 0 radical (unpaired) electrons. The van der Waals surface area contributed by atoms with Crippen LogP contribution in [0.2, 0.25) is 0 Å². The molecular weight excluding hydrogens is 422 g/mol. The Bertz CT molecular complexity index is 1150. The Morgan fingerprint density at radius 3 is 2.85 bits per heavy atom. The zero-order chi connectivity index (χ0) is 22.8. The van der Waals surface area contributed by atoms with Crippen LogP contribution in [-0.4, -0.2) is 87.5 Å². The highest BCUT2D eigenvalue weighted by Crippen LogP contribution is 2.29. The highest BCUT2D eigenvalue weighted by atomic mass is 16.5. The van der Waals surface area contributed by atoms with Crippen molar-refractivity contribution in [1.82, 2.24) is 35.0 Å². The lowest BCUT2D eigenvalue weighted by molar-refractivity contribution is 0.0878. The maximum absolute atomic E-state index is 13.3. The number of nitrogens with one attached hydrogen (secondary N) is 1. The van der Waals surface area contributed by atoms with Crippen LogP contribution >= 0.6 is 0 Å². The monoisotopic (exact) mass is 453 g/mol. The third-order valence-electron chi connectivity index (χ3n) is 6.56. The Labute approximate surface area is 192 Å². The topological polar surface area (TPSA) is 101 Å². The molecule has 2 aliphatic rings. The maximum atomic E-state index is 13.3.